The van der Waals surface area contributed by atoms with Crippen molar-refractivity contribution in [2.24, 2.45) is 5.92 Å². The zero-order valence-corrected chi connectivity index (χ0v) is 13.4. The number of hydrogen-bond donors (Lipinski definition) is 1. The Kier molecular flexibility index (Phi) is 8.15. The maximum atomic E-state index is 13.2. The van der Waals surface area contributed by atoms with Crippen LogP contribution in [0.3, 0.4) is 0 Å². The van der Waals surface area contributed by atoms with Gasteiger partial charge in [-0.25, -0.2) is 8.78 Å². The molecule has 0 aromatic heterocycles. The average Bonchev–Trinajstić information content (AvgIpc) is 2.39. The highest BCUT2D eigenvalue weighted by Gasteiger charge is 2.11. The van der Waals surface area contributed by atoms with E-state index < -0.39 is 11.6 Å². The maximum Gasteiger partial charge on any atom is 0.159 e. The largest absolute Gasteiger partial charge is 0.313 e. The first-order valence-corrected chi connectivity index (χ1v) is 8.43. The summed E-state index contributed by atoms with van der Waals surface area (Å²) in [5.41, 5.74) is 0.850. The molecular formula is C16H25F2NS. The first kappa shape index (κ1) is 17.4. The van der Waals surface area contributed by atoms with Crippen molar-refractivity contribution in [3.05, 3.63) is 35.4 Å². The highest BCUT2D eigenvalue weighted by Crippen LogP contribution is 2.14. The van der Waals surface area contributed by atoms with E-state index in [1.807, 2.05) is 11.8 Å². The third-order valence-corrected chi connectivity index (χ3v) is 4.46. The van der Waals surface area contributed by atoms with E-state index >= 15 is 0 Å². The van der Waals surface area contributed by atoms with Crippen molar-refractivity contribution in [3.8, 4) is 0 Å². The molecule has 1 rings (SSSR count). The van der Waals surface area contributed by atoms with Crippen LogP contribution >= 0.6 is 11.8 Å². The standard InChI is InChI=1S/C16H25F2NS/c1-4-7-19-14(11-20-10-12(2)3)8-13-5-6-15(17)16(18)9-13/h5-6,9,12,14,19H,4,7-8,10-11H2,1-3H3. The molecule has 0 spiro atoms. The summed E-state index contributed by atoms with van der Waals surface area (Å²) >= 11 is 1.92. The molecule has 1 nitrogen and oxygen atoms in total. The van der Waals surface area contributed by atoms with Gasteiger partial charge in [0.25, 0.3) is 0 Å². The third-order valence-electron chi connectivity index (χ3n) is 2.92. The number of rotatable bonds is 9. The van der Waals surface area contributed by atoms with Crippen LogP contribution in [0.5, 0.6) is 0 Å². The van der Waals surface area contributed by atoms with E-state index in [1.54, 1.807) is 6.07 Å². The van der Waals surface area contributed by atoms with Gasteiger partial charge in [0.2, 0.25) is 0 Å². The number of nitrogens with one attached hydrogen (secondary N) is 1. The monoisotopic (exact) mass is 301 g/mol. The van der Waals surface area contributed by atoms with Crippen molar-refractivity contribution < 1.29 is 8.78 Å². The molecule has 1 aromatic carbocycles. The molecule has 20 heavy (non-hydrogen) atoms. The van der Waals surface area contributed by atoms with E-state index in [2.05, 4.69) is 26.1 Å². The van der Waals surface area contributed by atoms with Gasteiger partial charge in [0.15, 0.2) is 11.6 Å². The minimum absolute atomic E-state index is 0.309. The molecule has 0 saturated heterocycles. The molecule has 0 aliphatic rings. The molecule has 0 amide bonds. The molecule has 0 bridgehead atoms. The van der Waals surface area contributed by atoms with E-state index in [0.29, 0.717) is 12.0 Å². The van der Waals surface area contributed by atoms with E-state index in [-0.39, 0.29) is 0 Å². The first-order valence-electron chi connectivity index (χ1n) is 7.28. The average molecular weight is 301 g/mol. The fourth-order valence-electron chi connectivity index (χ4n) is 1.94. The Balaban J connectivity index is 2.55. The van der Waals surface area contributed by atoms with Crippen LogP contribution in [0.15, 0.2) is 18.2 Å². The summed E-state index contributed by atoms with van der Waals surface area (Å²) in [5.74, 6) is 1.27. The summed E-state index contributed by atoms with van der Waals surface area (Å²) in [6.07, 6.45) is 1.81. The second-order valence-electron chi connectivity index (χ2n) is 5.53. The van der Waals surface area contributed by atoms with Gasteiger partial charge in [-0.1, -0.05) is 26.8 Å². The van der Waals surface area contributed by atoms with Crippen LogP contribution in [0.1, 0.15) is 32.8 Å². The van der Waals surface area contributed by atoms with Gasteiger partial charge in [-0.05, 0) is 48.8 Å². The molecule has 1 N–H and O–H groups in total. The van der Waals surface area contributed by atoms with Crippen molar-refractivity contribution in [2.75, 3.05) is 18.1 Å². The molecule has 114 valence electrons. The van der Waals surface area contributed by atoms with Crippen LogP contribution in [0.4, 0.5) is 8.78 Å². The van der Waals surface area contributed by atoms with Gasteiger partial charge in [-0.3, -0.25) is 0 Å². The highest BCUT2D eigenvalue weighted by atomic mass is 32.2. The second kappa shape index (κ2) is 9.35. The van der Waals surface area contributed by atoms with Crippen LogP contribution in [0, 0.1) is 17.6 Å². The number of hydrogen-bond acceptors (Lipinski definition) is 2. The number of benzene rings is 1. The van der Waals surface area contributed by atoms with E-state index in [1.165, 1.54) is 12.1 Å². The van der Waals surface area contributed by atoms with Gasteiger partial charge in [-0.2, -0.15) is 11.8 Å². The van der Waals surface area contributed by atoms with Crippen LogP contribution in [0.2, 0.25) is 0 Å². The normalized spacial score (nSPS) is 12.9. The SMILES string of the molecule is CCCNC(CSCC(C)C)Cc1ccc(F)c(F)c1. The zero-order chi connectivity index (χ0) is 15.0. The third kappa shape index (κ3) is 6.71. The van der Waals surface area contributed by atoms with Crippen LogP contribution in [0.25, 0.3) is 0 Å². The summed E-state index contributed by atoms with van der Waals surface area (Å²) in [6, 6.07) is 4.50. The Bertz CT molecular complexity index is 396. The highest BCUT2D eigenvalue weighted by molar-refractivity contribution is 7.99. The molecule has 0 saturated carbocycles. The van der Waals surface area contributed by atoms with Gasteiger partial charge in [0.1, 0.15) is 0 Å². The molecule has 0 aliphatic heterocycles. The van der Waals surface area contributed by atoms with Crippen molar-refractivity contribution in [2.45, 2.75) is 39.7 Å². The second-order valence-corrected chi connectivity index (χ2v) is 6.61. The summed E-state index contributed by atoms with van der Waals surface area (Å²) in [6.45, 7) is 7.49. The summed E-state index contributed by atoms with van der Waals surface area (Å²) in [7, 11) is 0. The summed E-state index contributed by atoms with van der Waals surface area (Å²) < 4.78 is 26.2. The Morgan fingerprint density at radius 3 is 2.50 bits per heavy atom. The fraction of sp³-hybridized carbons (Fsp3) is 0.625. The lowest BCUT2D eigenvalue weighted by Gasteiger charge is -2.19. The van der Waals surface area contributed by atoms with E-state index in [0.717, 1.165) is 36.5 Å². The topological polar surface area (TPSA) is 12.0 Å². The lowest BCUT2D eigenvalue weighted by molar-refractivity contribution is 0.503. The Morgan fingerprint density at radius 2 is 1.90 bits per heavy atom. The molecule has 0 heterocycles. The van der Waals surface area contributed by atoms with Gasteiger partial charge >= 0.3 is 0 Å². The molecule has 4 heteroatoms. The van der Waals surface area contributed by atoms with Crippen molar-refractivity contribution in [1.29, 1.82) is 0 Å². The first-order chi connectivity index (χ1) is 9.52. The van der Waals surface area contributed by atoms with E-state index in [9.17, 15) is 8.78 Å². The Morgan fingerprint density at radius 1 is 1.15 bits per heavy atom. The van der Waals surface area contributed by atoms with Crippen LogP contribution in [-0.2, 0) is 6.42 Å². The van der Waals surface area contributed by atoms with Crippen molar-refractivity contribution in [3.63, 3.8) is 0 Å². The smallest absolute Gasteiger partial charge is 0.159 e. The van der Waals surface area contributed by atoms with Gasteiger partial charge < -0.3 is 5.32 Å². The Labute approximate surface area is 125 Å². The lowest BCUT2D eigenvalue weighted by Crippen LogP contribution is -2.34. The van der Waals surface area contributed by atoms with Gasteiger partial charge in [0, 0.05) is 11.8 Å². The van der Waals surface area contributed by atoms with Gasteiger partial charge in [0.05, 0.1) is 0 Å². The molecule has 1 atom stereocenters. The van der Waals surface area contributed by atoms with Crippen LogP contribution in [-0.4, -0.2) is 24.1 Å². The van der Waals surface area contributed by atoms with Crippen molar-refractivity contribution >= 4 is 11.8 Å². The predicted octanol–water partition coefficient (Wildman–Crippen LogP) is 4.26. The summed E-state index contributed by atoms with van der Waals surface area (Å²) in [5, 5.41) is 3.49. The van der Waals surface area contributed by atoms with E-state index in [4.69, 9.17) is 0 Å². The Hall–Kier alpha value is -0.610. The minimum atomic E-state index is -0.777. The van der Waals surface area contributed by atoms with Gasteiger partial charge in [-0.15, -0.1) is 0 Å². The maximum absolute atomic E-state index is 13.2. The molecule has 0 aliphatic carbocycles. The summed E-state index contributed by atoms with van der Waals surface area (Å²) in [4.78, 5) is 0. The van der Waals surface area contributed by atoms with Crippen molar-refractivity contribution in [1.82, 2.24) is 5.32 Å². The molecule has 0 fully saturated rings. The lowest BCUT2D eigenvalue weighted by atomic mass is 10.1. The predicted molar refractivity (Wildman–Crippen MR) is 84.3 cm³/mol. The number of thioether (sulfide) groups is 1. The quantitative estimate of drug-likeness (QED) is 0.731. The molecule has 1 aromatic rings. The minimum Gasteiger partial charge on any atom is -0.313 e. The molecule has 1 unspecified atom stereocenters. The molecule has 0 radical (unpaired) electrons. The number of halogens is 2. The van der Waals surface area contributed by atoms with Crippen LogP contribution < -0.4 is 5.32 Å². The molecular weight excluding hydrogens is 276 g/mol. The fourth-order valence-corrected chi connectivity index (χ4v) is 3.06. The zero-order valence-electron chi connectivity index (χ0n) is 12.6.